The summed E-state index contributed by atoms with van der Waals surface area (Å²) in [4.78, 5) is 2.49. The van der Waals surface area contributed by atoms with Crippen LogP contribution in [0.1, 0.15) is 27.2 Å². The second-order valence-corrected chi connectivity index (χ2v) is 6.89. The van der Waals surface area contributed by atoms with E-state index in [1.165, 1.54) is 6.42 Å². The van der Waals surface area contributed by atoms with Crippen molar-refractivity contribution in [1.82, 2.24) is 10.2 Å². The summed E-state index contributed by atoms with van der Waals surface area (Å²) in [7, 11) is 1.34. The van der Waals surface area contributed by atoms with Crippen LogP contribution in [0.3, 0.4) is 0 Å². The van der Waals surface area contributed by atoms with Crippen LogP contribution in [-0.2, 0) is 10.8 Å². The van der Waals surface area contributed by atoms with Crippen LogP contribution in [0.4, 0.5) is 0 Å². The third-order valence-electron chi connectivity index (χ3n) is 4.13. The zero-order valence-corrected chi connectivity index (χ0v) is 12.0. The molecule has 1 fully saturated rings. The zero-order valence-electron chi connectivity index (χ0n) is 11.2. The van der Waals surface area contributed by atoms with Crippen LogP contribution in [0.25, 0.3) is 0 Å². The Kier molecular flexibility index (Phi) is 5.41. The van der Waals surface area contributed by atoms with Crippen molar-refractivity contribution < 1.29 is 4.21 Å². The summed E-state index contributed by atoms with van der Waals surface area (Å²) in [5.41, 5.74) is 0. The summed E-state index contributed by atoms with van der Waals surface area (Å²) >= 11 is 0. The van der Waals surface area contributed by atoms with Gasteiger partial charge in [0.2, 0.25) is 0 Å². The Morgan fingerprint density at radius 1 is 1.50 bits per heavy atom. The fraction of sp³-hybridized carbons (Fsp3) is 1.00. The highest BCUT2D eigenvalue weighted by atomic mass is 32.2. The summed E-state index contributed by atoms with van der Waals surface area (Å²) in [6, 6.07) is 1.21. The Bertz CT molecular complexity index is 247. The molecule has 1 N–H and O–H groups in total. The van der Waals surface area contributed by atoms with E-state index in [0.717, 1.165) is 13.1 Å². The SMILES string of the molecule is CNC1CCN(CC(C)S(C)=O)C(C)C1C. The highest BCUT2D eigenvalue weighted by molar-refractivity contribution is 7.84. The third kappa shape index (κ3) is 3.28. The van der Waals surface area contributed by atoms with Crippen molar-refractivity contribution >= 4 is 10.8 Å². The molecule has 0 aromatic heterocycles. The van der Waals surface area contributed by atoms with Gasteiger partial charge in [-0.05, 0) is 39.8 Å². The Morgan fingerprint density at radius 2 is 2.12 bits per heavy atom. The maximum Gasteiger partial charge on any atom is 0.0444 e. The van der Waals surface area contributed by atoms with Gasteiger partial charge in [-0.2, -0.15) is 0 Å². The maximum atomic E-state index is 11.4. The summed E-state index contributed by atoms with van der Waals surface area (Å²) in [6.07, 6.45) is 3.00. The molecule has 5 atom stereocenters. The molecule has 0 radical (unpaired) electrons. The van der Waals surface area contributed by atoms with Gasteiger partial charge in [0, 0.05) is 40.9 Å². The standard InChI is InChI=1S/C12H26N2OS/c1-9(16(5)15)8-14-7-6-12(13-4)10(2)11(14)3/h9-13H,6-8H2,1-5H3. The van der Waals surface area contributed by atoms with Gasteiger partial charge in [0.15, 0.2) is 0 Å². The molecule has 1 saturated heterocycles. The Balaban J connectivity index is 2.54. The number of piperidine rings is 1. The van der Waals surface area contributed by atoms with Gasteiger partial charge in [0.1, 0.15) is 0 Å². The molecule has 3 nitrogen and oxygen atoms in total. The summed E-state index contributed by atoms with van der Waals surface area (Å²) < 4.78 is 11.4. The molecule has 0 aromatic rings. The number of hydrogen-bond acceptors (Lipinski definition) is 3. The molecule has 0 spiro atoms. The second-order valence-electron chi connectivity index (χ2n) is 5.09. The van der Waals surface area contributed by atoms with E-state index in [0.29, 0.717) is 18.0 Å². The Hall–Kier alpha value is 0.0700. The van der Waals surface area contributed by atoms with Gasteiger partial charge < -0.3 is 5.32 Å². The molecule has 0 saturated carbocycles. The molecule has 0 bridgehead atoms. The lowest BCUT2D eigenvalue weighted by molar-refractivity contribution is 0.0889. The van der Waals surface area contributed by atoms with Gasteiger partial charge >= 0.3 is 0 Å². The van der Waals surface area contributed by atoms with E-state index in [1.54, 1.807) is 6.26 Å². The van der Waals surface area contributed by atoms with Crippen LogP contribution in [0, 0.1) is 5.92 Å². The molecule has 1 rings (SSSR count). The van der Waals surface area contributed by atoms with E-state index in [9.17, 15) is 4.21 Å². The van der Waals surface area contributed by atoms with Crippen molar-refractivity contribution in [2.45, 2.75) is 44.5 Å². The average molecular weight is 246 g/mol. The molecule has 1 aliphatic rings. The predicted molar refractivity (Wildman–Crippen MR) is 71.2 cm³/mol. The van der Waals surface area contributed by atoms with Crippen LogP contribution < -0.4 is 5.32 Å². The molecular formula is C12H26N2OS. The van der Waals surface area contributed by atoms with Crippen LogP contribution in [0.5, 0.6) is 0 Å². The number of likely N-dealkylation sites (tertiary alicyclic amines) is 1. The average Bonchev–Trinajstić information content (AvgIpc) is 2.25. The van der Waals surface area contributed by atoms with Gasteiger partial charge in [0.05, 0.1) is 0 Å². The lowest BCUT2D eigenvalue weighted by Gasteiger charge is -2.43. The minimum absolute atomic E-state index is 0.279. The Labute approximate surface area is 102 Å². The highest BCUT2D eigenvalue weighted by Crippen LogP contribution is 2.23. The number of rotatable bonds is 4. The van der Waals surface area contributed by atoms with Crippen molar-refractivity contribution in [3.63, 3.8) is 0 Å². The van der Waals surface area contributed by atoms with E-state index < -0.39 is 10.8 Å². The molecule has 0 aliphatic carbocycles. The van der Waals surface area contributed by atoms with Gasteiger partial charge in [-0.3, -0.25) is 9.11 Å². The van der Waals surface area contributed by atoms with E-state index in [2.05, 4.69) is 31.0 Å². The van der Waals surface area contributed by atoms with Crippen LogP contribution in [-0.4, -0.2) is 52.8 Å². The molecule has 5 unspecified atom stereocenters. The first-order valence-electron chi connectivity index (χ1n) is 6.21. The van der Waals surface area contributed by atoms with Crippen LogP contribution >= 0.6 is 0 Å². The number of nitrogens with one attached hydrogen (secondary N) is 1. The van der Waals surface area contributed by atoms with Crippen molar-refractivity contribution in [3.8, 4) is 0 Å². The summed E-state index contributed by atoms with van der Waals surface area (Å²) in [5, 5.41) is 3.67. The van der Waals surface area contributed by atoms with Crippen molar-refractivity contribution in [2.75, 3.05) is 26.4 Å². The smallest absolute Gasteiger partial charge is 0.0444 e. The van der Waals surface area contributed by atoms with Gasteiger partial charge in [-0.15, -0.1) is 0 Å². The predicted octanol–water partition coefficient (Wildman–Crippen LogP) is 1.07. The summed E-state index contributed by atoms with van der Waals surface area (Å²) in [5.74, 6) is 0.663. The fourth-order valence-corrected chi connectivity index (χ4v) is 2.94. The minimum Gasteiger partial charge on any atom is -0.317 e. The van der Waals surface area contributed by atoms with Gasteiger partial charge in [-0.25, -0.2) is 0 Å². The molecule has 16 heavy (non-hydrogen) atoms. The quantitative estimate of drug-likeness (QED) is 0.805. The van der Waals surface area contributed by atoms with E-state index >= 15 is 0 Å². The molecule has 1 aliphatic heterocycles. The minimum atomic E-state index is -0.706. The van der Waals surface area contributed by atoms with Crippen molar-refractivity contribution in [1.29, 1.82) is 0 Å². The molecule has 0 aromatic carbocycles. The van der Waals surface area contributed by atoms with Gasteiger partial charge in [-0.1, -0.05) is 6.92 Å². The lowest BCUT2D eigenvalue weighted by Crippen LogP contribution is -2.54. The maximum absolute atomic E-state index is 11.4. The molecule has 0 amide bonds. The van der Waals surface area contributed by atoms with Crippen molar-refractivity contribution in [2.24, 2.45) is 5.92 Å². The fourth-order valence-electron chi connectivity index (χ4n) is 2.54. The van der Waals surface area contributed by atoms with Crippen LogP contribution in [0.2, 0.25) is 0 Å². The molecule has 1 heterocycles. The molecule has 96 valence electrons. The normalized spacial score (nSPS) is 35.9. The van der Waals surface area contributed by atoms with Gasteiger partial charge in [0.25, 0.3) is 0 Å². The highest BCUT2D eigenvalue weighted by Gasteiger charge is 2.32. The van der Waals surface area contributed by atoms with E-state index in [1.807, 2.05) is 7.05 Å². The largest absolute Gasteiger partial charge is 0.317 e. The van der Waals surface area contributed by atoms with Crippen molar-refractivity contribution in [3.05, 3.63) is 0 Å². The first-order chi connectivity index (χ1) is 7.47. The summed E-state index contributed by atoms with van der Waals surface area (Å²) in [6.45, 7) is 8.77. The molecule has 4 heteroatoms. The monoisotopic (exact) mass is 246 g/mol. The number of nitrogens with zero attached hydrogens (tertiary/aromatic N) is 1. The Morgan fingerprint density at radius 3 is 2.62 bits per heavy atom. The first kappa shape index (κ1) is 14.1. The first-order valence-corrected chi connectivity index (χ1v) is 7.83. The van der Waals surface area contributed by atoms with E-state index in [-0.39, 0.29) is 5.25 Å². The second kappa shape index (κ2) is 6.12. The topological polar surface area (TPSA) is 32.3 Å². The zero-order chi connectivity index (χ0) is 12.3. The molecular weight excluding hydrogens is 220 g/mol. The lowest BCUT2D eigenvalue weighted by atomic mass is 9.87. The number of hydrogen-bond donors (Lipinski definition) is 1. The van der Waals surface area contributed by atoms with Crippen LogP contribution in [0.15, 0.2) is 0 Å². The van der Waals surface area contributed by atoms with E-state index in [4.69, 9.17) is 0 Å². The third-order valence-corrected chi connectivity index (χ3v) is 5.41.